The monoisotopic (exact) mass is 151 g/mol. The van der Waals surface area contributed by atoms with Gasteiger partial charge in [0.05, 0.1) is 7.11 Å². The molecule has 0 aliphatic carbocycles. The van der Waals surface area contributed by atoms with Crippen LogP contribution in [-0.4, -0.2) is 33.2 Å². The van der Waals surface area contributed by atoms with Crippen molar-refractivity contribution in [3.63, 3.8) is 0 Å². The van der Waals surface area contributed by atoms with E-state index >= 15 is 0 Å². The van der Waals surface area contributed by atoms with Gasteiger partial charge in [-0.05, 0) is 0 Å². The molecule has 10 heavy (non-hydrogen) atoms. The summed E-state index contributed by atoms with van der Waals surface area (Å²) < 4.78 is 20.4. The van der Waals surface area contributed by atoms with Crippen molar-refractivity contribution < 1.29 is 18.7 Å². The van der Waals surface area contributed by atoms with Gasteiger partial charge in [0.2, 0.25) is 0 Å². The van der Waals surface area contributed by atoms with Crippen LogP contribution in [0, 0.1) is 0 Å². The highest BCUT2D eigenvalue weighted by Crippen LogP contribution is 1.86. The minimum Gasteiger partial charge on any atom is -0.453 e. The highest BCUT2D eigenvalue weighted by molar-refractivity contribution is 5.67. The summed E-state index contributed by atoms with van der Waals surface area (Å²) in [5.41, 5.74) is 0. The molecule has 60 valence electrons. The quantitative estimate of drug-likeness (QED) is 0.589. The summed E-state index contributed by atoms with van der Waals surface area (Å²) in [5.74, 6) is 0. The van der Waals surface area contributed by atoms with E-state index in [4.69, 9.17) is 0 Å². The average Bonchev–Trinajstić information content (AvgIpc) is 1.99. The lowest BCUT2D eigenvalue weighted by atomic mass is 10.6. The van der Waals surface area contributed by atoms with Gasteiger partial charge in [0.25, 0.3) is 0 Å². The van der Waals surface area contributed by atoms with Crippen LogP contribution >= 0.6 is 0 Å². The van der Waals surface area contributed by atoms with Gasteiger partial charge in [-0.3, -0.25) is 5.32 Å². The molecule has 1 unspecified atom stereocenters. The fraction of sp³-hybridized carbons (Fsp3) is 0.800. The van der Waals surface area contributed by atoms with E-state index in [9.17, 15) is 9.18 Å². The van der Waals surface area contributed by atoms with Crippen molar-refractivity contribution in [1.29, 1.82) is 0 Å². The summed E-state index contributed by atoms with van der Waals surface area (Å²) >= 11 is 0. The van der Waals surface area contributed by atoms with Crippen LogP contribution in [0.2, 0.25) is 0 Å². The molecule has 0 saturated heterocycles. The minimum absolute atomic E-state index is 0.704. The third-order valence-corrected chi connectivity index (χ3v) is 0.889. The molecule has 0 bridgehead atoms. The maximum atomic E-state index is 11.8. The van der Waals surface area contributed by atoms with E-state index in [2.05, 4.69) is 14.8 Å². The first-order chi connectivity index (χ1) is 4.74. The number of nitrogens with one attached hydrogen (secondary N) is 1. The number of alkyl halides is 1. The van der Waals surface area contributed by atoms with Gasteiger partial charge in [-0.2, -0.15) is 0 Å². The van der Waals surface area contributed by atoms with Crippen molar-refractivity contribution in [1.82, 2.24) is 5.32 Å². The van der Waals surface area contributed by atoms with Gasteiger partial charge in [-0.25, -0.2) is 9.18 Å². The number of methoxy groups -OCH3 is 2. The number of hydrogen-bond donors (Lipinski definition) is 1. The number of carbonyl (C=O) groups excluding carboxylic acids is 1. The van der Waals surface area contributed by atoms with E-state index < -0.39 is 19.0 Å². The molecule has 1 N–H and O–H groups in total. The Morgan fingerprint density at radius 3 is 2.60 bits per heavy atom. The lowest BCUT2D eigenvalue weighted by Crippen LogP contribution is -2.37. The lowest BCUT2D eigenvalue weighted by Gasteiger charge is -2.11. The topological polar surface area (TPSA) is 47.6 Å². The van der Waals surface area contributed by atoms with Crippen LogP contribution < -0.4 is 5.32 Å². The molecule has 0 rings (SSSR count). The fourth-order valence-electron chi connectivity index (χ4n) is 0.351. The lowest BCUT2D eigenvalue weighted by molar-refractivity contribution is 0.0491. The standard InChI is InChI=1S/C5H10FNO3/c1-9-4(3-6)7-5(8)10-2/h4H,3H2,1-2H3,(H,7,8). The van der Waals surface area contributed by atoms with Crippen molar-refractivity contribution in [3.8, 4) is 0 Å². The molecule has 0 aromatic carbocycles. The number of alkyl carbamates (subject to hydrolysis) is 1. The smallest absolute Gasteiger partial charge is 0.408 e. The van der Waals surface area contributed by atoms with Gasteiger partial charge >= 0.3 is 6.09 Å². The molecule has 0 aromatic heterocycles. The summed E-state index contributed by atoms with van der Waals surface area (Å²) in [6, 6.07) is 0. The van der Waals surface area contributed by atoms with Crippen molar-refractivity contribution in [3.05, 3.63) is 0 Å². The van der Waals surface area contributed by atoms with E-state index in [0.717, 1.165) is 0 Å². The van der Waals surface area contributed by atoms with Crippen LogP contribution in [0.15, 0.2) is 0 Å². The molecule has 0 heterocycles. The summed E-state index contributed by atoms with van der Waals surface area (Å²) in [6.45, 7) is -0.772. The Bertz CT molecular complexity index is 105. The van der Waals surface area contributed by atoms with Crippen molar-refractivity contribution in [2.45, 2.75) is 6.23 Å². The summed E-state index contributed by atoms with van der Waals surface area (Å²) in [7, 11) is 2.49. The summed E-state index contributed by atoms with van der Waals surface area (Å²) in [4.78, 5) is 10.4. The van der Waals surface area contributed by atoms with Crippen molar-refractivity contribution >= 4 is 6.09 Å². The minimum atomic E-state index is -0.910. The Morgan fingerprint density at radius 1 is 1.70 bits per heavy atom. The van der Waals surface area contributed by atoms with Crippen LogP contribution in [-0.2, 0) is 9.47 Å². The predicted octanol–water partition coefficient (Wildman–Crippen LogP) is 0.284. The zero-order valence-corrected chi connectivity index (χ0v) is 5.89. The predicted molar refractivity (Wildman–Crippen MR) is 32.3 cm³/mol. The Morgan fingerprint density at radius 2 is 2.30 bits per heavy atom. The summed E-state index contributed by atoms with van der Waals surface area (Å²) in [6.07, 6.45) is -1.61. The highest BCUT2D eigenvalue weighted by Gasteiger charge is 2.09. The van der Waals surface area contributed by atoms with Crippen LogP contribution in [0.25, 0.3) is 0 Å². The second-order valence-corrected chi connectivity index (χ2v) is 1.51. The van der Waals surface area contributed by atoms with Gasteiger partial charge in [-0.15, -0.1) is 0 Å². The SMILES string of the molecule is COC(=O)NC(CF)OC. The van der Waals surface area contributed by atoms with Crippen LogP contribution in [0.5, 0.6) is 0 Å². The molecule has 5 heteroatoms. The Balaban J connectivity index is 3.52. The van der Waals surface area contributed by atoms with E-state index in [0.29, 0.717) is 0 Å². The maximum absolute atomic E-state index is 11.8. The molecule has 0 aliphatic rings. The van der Waals surface area contributed by atoms with Crippen molar-refractivity contribution in [2.24, 2.45) is 0 Å². The van der Waals surface area contributed by atoms with Crippen LogP contribution in [0.4, 0.5) is 9.18 Å². The zero-order valence-electron chi connectivity index (χ0n) is 5.89. The van der Waals surface area contributed by atoms with Gasteiger partial charge in [0.15, 0.2) is 6.23 Å². The fourth-order valence-corrected chi connectivity index (χ4v) is 0.351. The molecule has 0 aliphatic heterocycles. The second-order valence-electron chi connectivity index (χ2n) is 1.51. The van der Waals surface area contributed by atoms with Gasteiger partial charge in [0.1, 0.15) is 6.67 Å². The van der Waals surface area contributed by atoms with E-state index in [-0.39, 0.29) is 0 Å². The zero-order chi connectivity index (χ0) is 7.98. The normalized spacial score (nSPS) is 12.3. The largest absolute Gasteiger partial charge is 0.453 e. The molecule has 0 fully saturated rings. The summed E-state index contributed by atoms with van der Waals surface area (Å²) in [5, 5.41) is 2.11. The third kappa shape index (κ3) is 3.24. The average molecular weight is 151 g/mol. The Kier molecular flexibility index (Phi) is 4.57. The van der Waals surface area contributed by atoms with Gasteiger partial charge < -0.3 is 9.47 Å². The maximum Gasteiger partial charge on any atom is 0.408 e. The second kappa shape index (κ2) is 4.99. The first kappa shape index (κ1) is 9.16. The Labute approximate surface area is 58.3 Å². The first-order valence-corrected chi connectivity index (χ1v) is 2.67. The Hall–Kier alpha value is -0.840. The van der Waals surface area contributed by atoms with Crippen LogP contribution in [0.3, 0.4) is 0 Å². The molecule has 1 amide bonds. The molecular weight excluding hydrogens is 141 g/mol. The van der Waals surface area contributed by atoms with E-state index in [1.807, 2.05) is 0 Å². The molecule has 1 atom stereocenters. The van der Waals surface area contributed by atoms with Crippen molar-refractivity contribution in [2.75, 3.05) is 20.9 Å². The van der Waals surface area contributed by atoms with Crippen LogP contribution in [0.1, 0.15) is 0 Å². The molecule has 0 spiro atoms. The van der Waals surface area contributed by atoms with Gasteiger partial charge in [-0.1, -0.05) is 0 Å². The number of rotatable bonds is 3. The molecule has 4 nitrogen and oxygen atoms in total. The number of halogens is 1. The van der Waals surface area contributed by atoms with E-state index in [1.165, 1.54) is 14.2 Å². The molecule has 0 aromatic rings. The number of carbonyl (C=O) groups is 1. The van der Waals surface area contributed by atoms with E-state index in [1.54, 1.807) is 0 Å². The third-order valence-electron chi connectivity index (χ3n) is 0.889. The number of amides is 1. The molecule has 0 saturated carbocycles. The number of ether oxygens (including phenoxy) is 2. The van der Waals surface area contributed by atoms with Gasteiger partial charge in [0, 0.05) is 7.11 Å². The first-order valence-electron chi connectivity index (χ1n) is 2.67. The highest BCUT2D eigenvalue weighted by atomic mass is 19.1. The number of hydrogen-bond acceptors (Lipinski definition) is 3. The molecular formula is C5H10FNO3. The molecule has 0 radical (unpaired) electrons.